The van der Waals surface area contributed by atoms with Gasteiger partial charge in [-0.25, -0.2) is 0 Å². The number of carbonyl (C=O) groups is 2. The fourth-order valence-electron chi connectivity index (χ4n) is 2.63. The molecule has 0 N–H and O–H groups in total. The summed E-state index contributed by atoms with van der Waals surface area (Å²) >= 11 is 0. The number of methoxy groups -OCH3 is 1. The number of fused-ring (bicyclic) bond motifs is 1. The Morgan fingerprint density at radius 1 is 1.44 bits per heavy atom. The van der Waals surface area contributed by atoms with E-state index in [0.717, 1.165) is 0 Å². The Kier molecular flexibility index (Phi) is 2.58. The molecule has 0 aromatic heterocycles. The molecule has 0 radical (unpaired) electrons. The minimum atomic E-state index is -0.619. The van der Waals surface area contributed by atoms with E-state index in [1.54, 1.807) is 14.0 Å². The van der Waals surface area contributed by atoms with Gasteiger partial charge in [0.15, 0.2) is 11.6 Å². The monoisotopic (exact) mass is 220 g/mol. The van der Waals surface area contributed by atoms with Gasteiger partial charge >= 0.3 is 0 Å². The molecule has 3 unspecified atom stereocenters. The Morgan fingerprint density at radius 3 is 2.75 bits per heavy atom. The lowest BCUT2D eigenvalue weighted by Crippen LogP contribution is -2.50. The first-order chi connectivity index (χ1) is 7.50. The first kappa shape index (κ1) is 11.3. The lowest BCUT2D eigenvalue weighted by atomic mass is 9.61. The molecule has 16 heavy (non-hydrogen) atoms. The average molecular weight is 220 g/mol. The van der Waals surface area contributed by atoms with Gasteiger partial charge in [-0.1, -0.05) is 19.1 Å². The van der Waals surface area contributed by atoms with Crippen molar-refractivity contribution in [1.82, 2.24) is 0 Å². The van der Waals surface area contributed by atoms with Gasteiger partial charge in [-0.15, -0.1) is 0 Å². The van der Waals surface area contributed by atoms with Gasteiger partial charge in [-0.05, 0) is 25.0 Å². The van der Waals surface area contributed by atoms with Crippen LogP contribution in [0.15, 0.2) is 23.8 Å². The summed E-state index contributed by atoms with van der Waals surface area (Å²) < 4.78 is 5.31. The molecule has 3 atom stereocenters. The number of ketones is 2. The second-order valence-corrected chi connectivity index (χ2v) is 4.78. The van der Waals surface area contributed by atoms with Crippen LogP contribution >= 0.6 is 0 Å². The summed E-state index contributed by atoms with van der Waals surface area (Å²) in [5.74, 6) is -0.278. The first-order valence-corrected chi connectivity index (χ1v) is 5.47. The van der Waals surface area contributed by atoms with Crippen LogP contribution in [0, 0.1) is 11.3 Å². The van der Waals surface area contributed by atoms with Crippen molar-refractivity contribution < 1.29 is 14.3 Å². The van der Waals surface area contributed by atoms with Gasteiger partial charge in [-0.2, -0.15) is 0 Å². The molecule has 0 heterocycles. The summed E-state index contributed by atoms with van der Waals surface area (Å²) in [7, 11) is 1.58. The van der Waals surface area contributed by atoms with Gasteiger partial charge in [0.2, 0.25) is 0 Å². The molecule has 0 saturated heterocycles. The van der Waals surface area contributed by atoms with Crippen LogP contribution in [0.5, 0.6) is 0 Å². The van der Waals surface area contributed by atoms with E-state index < -0.39 is 5.41 Å². The van der Waals surface area contributed by atoms with E-state index in [-0.39, 0.29) is 23.6 Å². The van der Waals surface area contributed by atoms with Crippen molar-refractivity contribution in [2.45, 2.75) is 26.4 Å². The lowest BCUT2D eigenvalue weighted by Gasteiger charge is -2.42. The lowest BCUT2D eigenvalue weighted by molar-refractivity contribution is -0.141. The van der Waals surface area contributed by atoms with E-state index in [1.807, 2.05) is 19.1 Å². The average Bonchev–Trinajstić information content (AvgIpc) is 2.25. The molecule has 0 aromatic rings. The Hall–Kier alpha value is -1.22. The van der Waals surface area contributed by atoms with Crippen LogP contribution < -0.4 is 0 Å². The Balaban J connectivity index is 2.51. The highest BCUT2D eigenvalue weighted by atomic mass is 16.5. The molecule has 0 spiro atoms. The van der Waals surface area contributed by atoms with Gasteiger partial charge < -0.3 is 4.74 Å². The zero-order chi connectivity index (χ0) is 11.9. The summed E-state index contributed by atoms with van der Waals surface area (Å²) in [4.78, 5) is 24.2. The summed E-state index contributed by atoms with van der Waals surface area (Å²) in [6.07, 6.45) is 5.63. The van der Waals surface area contributed by atoms with E-state index >= 15 is 0 Å². The summed E-state index contributed by atoms with van der Waals surface area (Å²) in [6, 6.07) is 0. The van der Waals surface area contributed by atoms with E-state index in [4.69, 9.17) is 4.74 Å². The quantitative estimate of drug-likeness (QED) is 0.631. The predicted octanol–water partition coefficient (Wildman–Crippen LogP) is 1.68. The third-order valence-electron chi connectivity index (χ3n) is 3.74. The number of carbonyl (C=O) groups excluding carboxylic acids is 2. The van der Waals surface area contributed by atoms with E-state index in [2.05, 4.69) is 0 Å². The molecule has 0 aromatic carbocycles. The molecule has 2 rings (SSSR count). The Morgan fingerprint density at radius 2 is 2.12 bits per heavy atom. The van der Waals surface area contributed by atoms with Gasteiger partial charge in [0, 0.05) is 12.5 Å². The minimum Gasteiger partial charge on any atom is -0.377 e. The van der Waals surface area contributed by atoms with Crippen molar-refractivity contribution in [3.05, 3.63) is 23.8 Å². The zero-order valence-corrected chi connectivity index (χ0v) is 9.82. The highest BCUT2D eigenvalue weighted by molar-refractivity contribution is 6.12. The third kappa shape index (κ3) is 1.39. The van der Waals surface area contributed by atoms with Crippen LogP contribution in [0.25, 0.3) is 0 Å². The highest BCUT2D eigenvalue weighted by Crippen LogP contribution is 2.44. The maximum Gasteiger partial charge on any atom is 0.165 e. The smallest absolute Gasteiger partial charge is 0.165 e. The van der Waals surface area contributed by atoms with Crippen molar-refractivity contribution in [2.75, 3.05) is 7.11 Å². The largest absolute Gasteiger partial charge is 0.377 e. The summed E-state index contributed by atoms with van der Waals surface area (Å²) in [5.41, 5.74) is -0.0729. The van der Waals surface area contributed by atoms with Gasteiger partial charge in [0.05, 0.1) is 12.0 Å². The molecule has 0 saturated carbocycles. The molecular weight excluding hydrogens is 204 g/mol. The third-order valence-corrected chi connectivity index (χ3v) is 3.74. The molecule has 3 heteroatoms. The van der Waals surface area contributed by atoms with Gasteiger partial charge in [-0.3, -0.25) is 9.59 Å². The van der Waals surface area contributed by atoms with Crippen LogP contribution in [0.1, 0.15) is 20.3 Å². The van der Waals surface area contributed by atoms with E-state index in [0.29, 0.717) is 12.0 Å². The van der Waals surface area contributed by atoms with Crippen molar-refractivity contribution in [3.63, 3.8) is 0 Å². The van der Waals surface area contributed by atoms with Crippen LogP contribution in [-0.4, -0.2) is 24.8 Å². The second kappa shape index (κ2) is 3.67. The zero-order valence-electron chi connectivity index (χ0n) is 9.82. The molecule has 2 aliphatic rings. The highest BCUT2D eigenvalue weighted by Gasteiger charge is 2.51. The summed E-state index contributed by atoms with van der Waals surface area (Å²) in [5, 5.41) is 0. The number of hydrogen-bond donors (Lipinski definition) is 0. The maximum atomic E-state index is 12.1. The second-order valence-electron chi connectivity index (χ2n) is 4.78. The molecular formula is C13H16O3. The summed E-state index contributed by atoms with van der Waals surface area (Å²) in [6.45, 7) is 3.56. The topological polar surface area (TPSA) is 43.4 Å². The molecule has 2 aliphatic carbocycles. The van der Waals surface area contributed by atoms with Crippen molar-refractivity contribution >= 4 is 11.6 Å². The van der Waals surface area contributed by atoms with E-state index in [9.17, 15) is 9.59 Å². The van der Waals surface area contributed by atoms with Crippen molar-refractivity contribution in [3.8, 4) is 0 Å². The molecule has 86 valence electrons. The molecule has 0 bridgehead atoms. The minimum absolute atomic E-state index is 0.0401. The van der Waals surface area contributed by atoms with Crippen LogP contribution in [0.2, 0.25) is 0 Å². The van der Waals surface area contributed by atoms with Gasteiger partial charge in [0.25, 0.3) is 0 Å². The fraction of sp³-hybridized carbons (Fsp3) is 0.538. The molecule has 0 aliphatic heterocycles. The standard InChI is InChI=1S/C13H16O3/c1-8-7-10(14)13(2)6-4-5-9(16-3)11(13)12(8)15/h4-5,7,9,11H,6H2,1-3H3. The van der Waals surface area contributed by atoms with Gasteiger partial charge in [0.1, 0.15) is 0 Å². The number of hydrogen-bond acceptors (Lipinski definition) is 3. The maximum absolute atomic E-state index is 12.1. The predicted molar refractivity (Wildman–Crippen MR) is 59.9 cm³/mol. The Labute approximate surface area is 95.2 Å². The molecule has 0 fully saturated rings. The van der Waals surface area contributed by atoms with Crippen LogP contribution in [-0.2, 0) is 14.3 Å². The number of ether oxygens (including phenoxy) is 1. The van der Waals surface area contributed by atoms with E-state index in [1.165, 1.54) is 6.08 Å². The number of Topliss-reactive ketones (excluding diaryl/α,β-unsaturated/α-hetero) is 1. The molecule has 0 amide bonds. The van der Waals surface area contributed by atoms with Crippen molar-refractivity contribution in [1.29, 1.82) is 0 Å². The molecule has 3 nitrogen and oxygen atoms in total. The van der Waals surface area contributed by atoms with Crippen molar-refractivity contribution in [2.24, 2.45) is 11.3 Å². The number of rotatable bonds is 1. The normalized spacial score (nSPS) is 38.3. The number of allylic oxidation sites excluding steroid dienone is 3. The fourth-order valence-corrected chi connectivity index (χ4v) is 2.63. The Bertz CT molecular complexity index is 405. The SMILES string of the molecule is COC1C=CCC2(C)C(=O)C=C(C)C(=O)C12. The van der Waals surface area contributed by atoms with Crippen LogP contribution in [0.3, 0.4) is 0 Å². The first-order valence-electron chi connectivity index (χ1n) is 5.47. The van der Waals surface area contributed by atoms with Crippen LogP contribution in [0.4, 0.5) is 0 Å².